The van der Waals surface area contributed by atoms with E-state index in [0.29, 0.717) is 24.5 Å². The molecule has 6 heteroatoms. The number of likely N-dealkylation sites (tertiary alicyclic amines) is 1. The molecule has 1 aliphatic rings. The second-order valence-corrected chi connectivity index (χ2v) is 9.07. The number of ketones is 1. The first-order valence-electron chi connectivity index (χ1n) is 12.6. The van der Waals surface area contributed by atoms with Crippen LogP contribution in [0.1, 0.15) is 69.5 Å². The smallest absolute Gasteiger partial charge is 0.295 e. The van der Waals surface area contributed by atoms with E-state index in [1.807, 2.05) is 30.5 Å². The molecule has 184 valence electrons. The third-order valence-electron chi connectivity index (χ3n) is 6.60. The number of carbonyl (C=O) groups excluding carboxylic acids is 2. The van der Waals surface area contributed by atoms with Gasteiger partial charge in [0, 0.05) is 34.8 Å². The van der Waals surface area contributed by atoms with Crippen molar-refractivity contribution in [3.8, 4) is 5.75 Å². The van der Waals surface area contributed by atoms with Crippen molar-refractivity contribution in [3.63, 3.8) is 0 Å². The number of nitrogens with zero attached hydrogens (tertiary/aromatic N) is 1. The van der Waals surface area contributed by atoms with E-state index in [-0.39, 0.29) is 11.3 Å². The molecule has 35 heavy (non-hydrogen) atoms. The van der Waals surface area contributed by atoms with Gasteiger partial charge in [-0.05, 0) is 43.2 Å². The van der Waals surface area contributed by atoms with Crippen LogP contribution in [0.5, 0.6) is 5.75 Å². The number of fused-ring (bicyclic) bond motifs is 1. The number of hydrogen-bond donors (Lipinski definition) is 2. The molecule has 0 spiro atoms. The van der Waals surface area contributed by atoms with Crippen molar-refractivity contribution >= 4 is 28.4 Å². The van der Waals surface area contributed by atoms with Crippen LogP contribution in [0.15, 0.2) is 60.3 Å². The summed E-state index contributed by atoms with van der Waals surface area (Å²) in [6.07, 6.45) is 7.85. The second kappa shape index (κ2) is 11.3. The number of aromatic nitrogens is 1. The maximum Gasteiger partial charge on any atom is 0.295 e. The zero-order valence-corrected chi connectivity index (χ0v) is 20.5. The molecule has 3 aromatic rings. The molecular formula is C29H34N2O4. The van der Waals surface area contributed by atoms with Crippen LogP contribution in [0.2, 0.25) is 0 Å². The van der Waals surface area contributed by atoms with Gasteiger partial charge in [-0.1, -0.05) is 57.7 Å². The van der Waals surface area contributed by atoms with Gasteiger partial charge in [0.25, 0.3) is 11.7 Å². The van der Waals surface area contributed by atoms with Crippen LogP contribution < -0.4 is 4.74 Å². The normalized spacial score (nSPS) is 17.4. The predicted molar refractivity (Wildman–Crippen MR) is 138 cm³/mol. The first-order chi connectivity index (χ1) is 17.1. The molecule has 0 radical (unpaired) electrons. The maximum absolute atomic E-state index is 13.2. The fraction of sp³-hybridized carbons (Fsp3) is 0.379. The summed E-state index contributed by atoms with van der Waals surface area (Å²) < 4.78 is 5.78. The van der Waals surface area contributed by atoms with Gasteiger partial charge in [0.1, 0.15) is 11.5 Å². The van der Waals surface area contributed by atoms with Crippen molar-refractivity contribution in [1.29, 1.82) is 0 Å². The number of benzene rings is 2. The number of amides is 1. The summed E-state index contributed by atoms with van der Waals surface area (Å²) in [6.45, 7) is 5.35. The van der Waals surface area contributed by atoms with Gasteiger partial charge in [-0.3, -0.25) is 9.59 Å². The van der Waals surface area contributed by atoms with Gasteiger partial charge in [0.2, 0.25) is 0 Å². The Morgan fingerprint density at radius 2 is 1.69 bits per heavy atom. The molecule has 1 fully saturated rings. The molecule has 2 N–H and O–H groups in total. The fourth-order valence-electron chi connectivity index (χ4n) is 4.69. The van der Waals surface area contributed by atoms with Crippen LogP contribution in [0, 0.1) is 0 Å². The predicted octanol–water partition coefficient (Wildman–Crippen LogP) is 6.35. The van der Waals surface area contributed by atoms with Gasteiger partial charge in [-0.15, -0.1) is 0 Å². The summed E-state index contributed by atoms with van der Waals surface area (Å²) in [6, 6.07) is 14.2. The monoisotopic (exact) mass is 474 g/mol. The molecule has 2 aromatic carbocycles. The standard InChI is InChI=1S/C29H34N2O4/c1-3-5-9-17-31-26(23-19-30-24-12-8-7-11-22(23)24)25(28(33)29(31)34)27(32)20-13-15-21(16-14-20)35-18-10-6-4-2/h7-8,11-16,19,26,30,32H,3-6,9-10,17-18H2,1-2H3/b27-25+. The van der Waals surface area contributed by atoms with Crippen LogP contribution in [0.25, 0.3) is 16.7 Å². The number of aliphatic hydroxyl groups excluding tert-OH is 1. The number of aromatic amines is 1. The number of Topliss-reactive ketones (excluding diaryl/α,β-unsaturated/α-hetero) is 1. The van der Waals surface area contributed by atoms with Crippen molar-refractivity contribution in [2.45, 2.75) is 58.4 Å². The van der Waals surface area contributed by atoms with Gasteiger partial charge in [0.15, 0.2) is 0 Å². The lowest BCUT2D eigenvalue weighted by molar-refractivity contribution is -0.139. The molecule has 0 aliphatic carbocycles. The lowest BCUT2D eigenvalue weighted by Crippen LogP contribution is -2.30. The first kappa shape index (κ1) is 24.6. The summed E-state index contributed by atoms with van der Waals surface area (Å²) in [4.78, 5) is 31.2. The highest BCUT2D eigenvalue weighted by molar-refractivity contribution is 6.46. The quantitative estimate of drug-likeness (QED) is 0.147. The summed E-state index contributed by atoms with van der Waals surface area (Å²) in [7, 11) is 0. The Labute approximate surface area is 206 Å². The average Bonchev–Trinajstić information content (AvgIpc) is 3.41. The van der Waals surface area contributed by atoms with Crippen molar-refractivity contribution in [2.24, 2.45) is 0 Å². The highest BCUT2D eigenvalue weighted by Gasteiger charge is 2.46. The Balaban J connectivity index is 1.71. The number of ether oxygens (including phenoxy) is 1. The minimum Gasteiger partial charge on any atom is -0.507 e. The number of hydrogen-bond acceptors (Lipinski definition) is 4. The van der Waals surface area contributed by atoms with E-state index in [2.05, 4.69) is 18.8 Å². The SMILES string of the molecule is CCCCCOc1ccc(/C(O)=C2\C(=O)C(=O)N(CCCCC)C2c2c[nH]c3ccccc23)cc1. The summed E-state index contributed by atoms with van der Waals surface area (Å²) in [5.41, 5.74) is 2.36. The topological polar surface area (TPSA) is 82.6 Å². The molecule has 4 rings (SSSR count). The summed E-state index contributed by atoms with van der Waals surface area (Å²) in [5.74, 6) is -0.650. The Kier molecular flexibility index (Phi) is 7.91. The van der Waals surface area contributed by atoms with Crippen LogP contribution in [0.4, 0.5) is 0 Å². The first-order valence-corrected chi connectivity index (χ1v) is 12.6. The van der Waals surface area contributed by atoms with Crippen LogP contribution in [0.3, 0.4) is 0 Å². The van der Waals surface area contributed by atoms with Crippen LogP contribution in [-0.2, 0) is 9.59 Å². The second-order valence-electron chi connectivity index (χ2n) is 9.07. The molecule has 1 saturated heterocycles. The Bertz CT molecular complexity index is 1210. The van der Waals surface area contributed by atoms with Crippen LogP contribution >= 0.6 is 0 Å². The zero-order valence-electron chi connectivity index (χ0n) is 20.5. The minimum atomic E-state index is -0.645. The average molecular weight is 475 g/mol. The molecule has 0 saturated carbocycles. The molecule has 1 aliphatic heterocycles. The number of carbonyl (C=O) groups is 2. The van der Waals surface area contributed by atoms with Crippen molar-refractivity contribution < 1.29 is 19.4 Å². The lowest BCUT2D eigenvalue weighted by Gasteiger charge is -2.25. The number of H-pyrrole nitrogens is 1. The van der Waals surface area contributed by atoms with Crippen molar-refractivity contribution in [2.75, 3.05) is 13.2 Å². The third-order valence-corrected chi connectivity index (χ3v) is 6.60. The van der Waals surface area contributed by atoms with E-state index in [4.69, 9.17) is 4.74 Å². The number of unbranched alkanes of at least 4 members (excludes halogenated alkanes) is 4. The Morgan fingerprint density at radius 1 is 0.971 bits per heavy atom. The molecule has 1 amide bonds. The molecule has 2 heterocycles. The Morgan fingerprint density at radius 3 is 2.43 bits per heavy atom. The van der Waals surface area contributed by atoms with E-state index in [9.17, 15) is 14.7 Å². The van der Waals surface area contributed by atoms with Gasteiger partial charge in [-0.2, -0.15) is 0 Å². The number of para-hydroxylation sites is 1. The highest BCUT2D eigenvalue weighted by Crippen LogP contribution is 2.42. The number of rotatable bonds is 11. The molecule has 1 aromatic heterocycles. The van der Waals surface area contributed by atoms with Crippen molar-refractivity contribution in [3.05, 3.63) is 71.4 Å². The van der Waals surface area contributed by atoms with E-state index in [1.54, 1.807) is 29.2 Å². The van der Waals surface area contributed by atoms with Crippen molar-refractivity contribution in [1.82, 2.24) is 9.88 Å². The summed E-state index contributed by atoms with van der Waals surface area (Å²) in [5, 5.41) is 12.2. The third kappa shape index (κ3) is 5.11. The lowest BCUT2D eigenvalue weighted by atomic mass is 9.95. The van der Waals surface area contributed by atoms with Crippen LogP contribution in [-0.4, -0.2) is 39.8 Å². The highest BCUT2D eigenvalue weighted by atomic mass is 16.5. The maximum atomic E-state index is 13.2. The Hall–Kier alpha value is -3.54. The van der Waals surface area contributed by atoms with E-state index < -0.39 is 17.7 Å². The molecule has 1 atom stereocenters. The minimum absolute atomic E-state index is 0.132. The molecular weight excluding hydrogens is 440 g/mol. The van der Waals surface area contributed by atoms with E-state index >= 15 is 0 Å². The van der Waals surface area contributed by atoms with Gasteiger partial charge in [-0.25, -0.2) is 0 Å². The number of aliphatic hydroxyl groups is 1. The fourth-order valence-corrected chi connectivity index (χ4v) is 4.69. The molecule has 6 nitrogen and oxygen atoms in total. The van der Waals surface area contributed by atoms with Gasteiger partial charge < -0.3 is 19.7 Å². The number of nitrogens with one attached hydrogen (secondary N) is 1. The van der Waals surface area contributed by atoms with E-state index in [0.717, 1.165) is 55.0 Å². The largest absolute Gasteiger partial charge is 0.507 e. The van der Waals surface area contributed by atoms with E-state index in [1.165, 1.54) is 0 Å². The zero-order chi connectivity index (χ0) is 24.8. The van der Waals surface area contributed by atoms with Gasteiger partial charge in [0.05, 0.1) is 18.2 Å². The molecule has 1 unspecified atom stereocenters. The summed E-state index contributed by atoms with van der Waals surface area (Å²) >= 11 is 0. The van der Waals surface area contributed by atoms with Gasteiger partial charge >= 0.3 is 0 Å². The molecule has 0 bridgehead atoms.